The molecular weight excluding hydrogens is 437 g/mol. The number of hydrogen-bond donors (Lipinski definition) is 1. The van der Waals surface area contributed by atoms with Crippen molar-refractivity contribution in [3.63, 3.8) is 0 Å². The summed E-state index contributed by atoms with van der Waals surface area (Å²) in [6.45, 7) is 9.02. The summed E-state index contributed by atoms with van der Waals surface area (Å²) in [5.41, 5.74) is 1.66. The number of aliphatic imine (C=N–C) groups is 1. The molecule has 1 saturated heterocycles. The largest absolute Gasteiger partial charge is 0.356 e. The van der Waals surface area contributed by atoms with E-state index in [1.165, 1.54) is 50.0 Å². The topological polar surface area (TPSA) is 45.5 Å². The van der Waals surface area contributed by atoms with Gasteiger partial charge in [-0.3, -0.25) is 4.99 Å². The number of halogens is 1. The molecule has 3 rings (SSSR count). The summed E-state index contributed by atoms with van der Waals surface area (Å²) >= 11 is 0. The van der Waals surface area contributed by atoms with Crippen LogP contribution in [-0.4, -0.2) is 47.1 Å². The van der Waals surface area contributed by atoms with Crippen LogP contribution in [0.25, 0.3) is 0 Å². The normalized spacial score (nSPS) is 23.3. The Morgan fingerprint density at radius 1 is 1.31 bits per heavy atom. The predicted molar refractivity (Wildman–Crippen MR) is 119 cm³/mol. The first-order chi connectivity index (χ1) is 12.1. The van der Waals surface area contributed by atoms with Crippen molar-refractivity contribution in [1.82, 2.24) is 19.8 Å². The Morgan fingerprint density at radius 3 is 2.88 bits per heavy atom. The van der Waals surface area contributed by atoms with Gasteiger partial charge in [0.05, 0.1) is 5.69 Å². The van der Waals surface area contributed by atoms with Crippen molar-refractivity contribution in [3.8, 4) is 0 Å². The molecule has 1 atom stereocenters. The van der Waals surface area contributed by atoms with E-state index in [1.54, 1.807) is 0 Å². The summed E-state index contributed by atoms with van der Waals surface area (Å²) in [6, 6.07) is 0. The van der Waals surface area contributed by atoms with Crippen molar-refractivity contribution < 1.29 is 0 Å². The molecule has 1 fully saturated rings. The maximum atomic E-state index is 4.80. The molecule has 0 amide bonds. The Bertz CT molecular complexity index is 570. The van der Waals surface area contributed by atoms with Crippen molar-refractivity contribution in [1.29, 1.82) is 0 Å². The quantitative estimate of drug-likeness (QED) is 0.402. The first-order valence-corrected chi connectivity index (χ1v) is 10.1. The van der Waals surface area contributed by atoms with Gasteiger partial charge in [0.2, 0.25) is 0 Å². The molecule has 1 aromatic heterocycles. The van der Waals surface area contributed by atoms with Gasteiger partial charge >= 0.3 is 0 Å². The SMILES string of the molecule is CCCC1(C)CCCN(C(=NC)NCCc2cn3c(n2)CCCC3)C1.I. The van der Waals surface area contributed by atoms with Crippen LogP contribution in [-0.2, 0) is 19.4 Å². The lowest BCUT2D eigenvalue weighted by molar-refractivity contribution is 0.142. The Morgan fingerprint density at radius 2 is 2.15 bits per heavy atom. The van der Waals surface area contributed by atoms with E-state index >= 15 is 0 Å². The number of nitrogens with one attached hydrogen (secondary N) is 1. The second kappa shape index (κ2) is 9.95. The molecule has 0 bridgehead atoms. The zero-order chi connectivity index (χ0) is 17.7. The van der Waals surface area contributed by atoms with Crippen molar-refractivity contribution in [3.05, 3.63) is 17.7 Å². The van der Waals surface area contributed by atoms with Gasteiger partial charge in [-0.05, 0) is 37.5 Å². The third kappa shape index (κ3) is 5.36. The molecule has 6 heteroatoms. The van der Waals surface area contributed by atoms with Crippen LogP contribution in [0.5, 0.6) is 0 Å². The maximum Gasteiger partial charge on any atom is 0.193 e. The smallest absolute Gasteiger partial charge is 0.193 e. The third-order valence-corrected chi connectivity index (χ3v) is 5.77. The maximum absolute atomic E-state index is 4.80. The summed E-state index contributed by atoms with van der Waals surface area (Å²) in [5.74, 6) is 2.34. The number of guanidine groups is 1. The minimum atomic E-state index is 0. The Balaban J connectivity index is 0.00000243. The molecular formula is C20H36IN5. The molecule has 1 unspecified atom stereocenters. The summed E-state index contributed by atoms with van der Waals surface area (Å²) in [7, 11) is 1.91. The van der Waals surface area contributed by atoms with E-state index in [9.17, 15) is 0 Å². The van der Waals surface area contributed by atoms with Crippen LogP contribution in [0.15, 0.2) is 11.2 Å². The van der Waals surface area contributed by atoms with Crippen LogP contribution in [0.4, 0.5) is 0 Å². The first kappa shape index (κ1) is 21.5. The minimum absolute atomic E-state index is 0. The molecule has 0 aliphatic carbocycles. The average molecular weight is 473 g/mol. The standard InChI is InChI=1S/C20H35N5.HI/c1-4-10-20(2)11-7-14-25(16-20)19(21-3)22-12-9-17-15-24-13-6-5-8-18(24)23-17;/h15H,4-14,16H2,1-3H3,(H,21,22);1H. The van der Waals surface area contributed by atoms with Crippen molar-refractivity contribution in [2.24, 2.45) is 10.4 Å². The van der Waals surface area contributed by atoms with Crippen molar-refractivity contribution in [2.75, 3.05) is 26.7 Å². The summed E-state index contributed by atoms with van der Waals surface area (Å²) in [5, 5.41) is 3.57. The van der Waals surface area contributed by atoms with Gasteiger partial charge in [-0.15, -0.1) is 24.0 Å². The minimum Gasteiger partial charge on any atom is -0.356 e. The van der Waals surface area contributed by atoms with Gasteiger partial charge in [-0.25, -0.2) is 4.98 Å². The number of likely N-dealkylation sites (tertiary alicyclic amines) is 1. The molecule has 0 aromatic carbocycles. The van der Waals surface area contributed by atoms with Crippen LogP contribution in [0.2, 0.25) is 0 Å². The van der Waals surface area contributed by atoms with Crippen LogP contribution in [0.1, 0.15) is 63.9 Å². The van der Waals surface area contributed by atoms with Gasteiger partial charge in [0.1, 0.15) is 5.82 Å². The first-order valence-electron chi connectivity index (χ1n) is 10.1. The second-order valence-corrected chi connectivity index (χ2v) is 8.11. The molecule has 0 saturated carbocycles. The predicted octanol–water partition coefficient (Wildman–Crippen LogP) is 3.86. The number of rotatable bonds is 5. The van der Waals surface area contributed by atoms with Gasteiger partial charge in [0.25, 0.3) is 0 Å². The van der Waals surface area contributed by atoms with E-state index in [1.807, 2.05) is 7.05 Å². The second-order valence-electron chi connectivity index (χ2n) is 8.11. The fraction of sp³-hybridized carbons (Fsp3) is 0.800. The highest BCUT2D eigenvalue weighted by atomic mass is 127. The molecule has 0 radical (unpaired) electrons. The van der Waals surface area contributed by atoms with Gasteiger partial charge in [0, 0.05) is 52.3 Å². The average Bonchev–Trinajstić information content (AvgIpc) is 3.01. The lowest BCUT2D eigenvalue weighted by atomic mass is 9.78. The van der Waals surface area contributed by atoms with Crippen molar-refractivity contribution >= 4 is 29.9 Å². The molecule has 26 heavy (non-hydrogen) atoms. The number of piperidine rings is 1. The number of fused-ring (bicyclic) bond motifs is 1. The molecule has 2 aliphatic heterocycles. The molecule has 148 valence electrons. The molecule has 5 nitrogen and oxygen atoms in total. The van der Waals surface area contributed by atoms with E-state index in [4.69, 9.17) is 4.98 Å². The van der Waals surface area contributed by atoms with Crippen LogP contribution in [0.3, 0.4) is 0 Å². The van der Waals surface area contributed by atoms with Gasteiger partial charge < -0.3 is 14.8 Å². The molecule has 1 aromatic rings. The highest BCUT2D eigenvalue weighted by molar-refractivity contribution is 14.0. The Hall–Kier alpha value is -0.790. The molecule has 3 heterocycles. The van der Waals surface area contributed by atoms with E-state index in [-0.39, 0.29) is 24.0 Å². The van der Waals surface area contributed by atoms with Gasteiger partial charge in [-0.1, -0.05) is 20.3 Å². The fourth-order valence-electron chi connectivity index (χ4n) is 4.53. The highest BCUT2D eigenvalue weighted by Gasteiger charge is 2.31. The van der Waals surface area contributed by atoms with E-state index < -0.39 is 0 Å². The molecule has 2 aliphatic rings. The zero-order valence-corrected chi connectivity index (χ0v) is 19.1. The number of aryl methyl sites for hydroxylation is 2. The number of imidazole rings is 1. The van der Waals surface area contributed by atoms with E-state index in [2.05, 4.69) is 39.8 Å². The zero-order valence-electron chi connectivity index (χ0n) is 16.8. The van der Waals surface area contributed by atoms with Crippen LogP contribution in [0, 0.1) is 5.41 Å². The fourth-order valence-corrected chi connectivity index (χ4v) is 4.53. The third-order valence-electron chi connectivity index (χ3n) is 5.77. The summed E-state index contributed by atoms with van der Waals surface area (Å²) in [4.78, 5) is 11.8. The van der Waals surface area contributed by atoms with Crippen LogP contribution < -0.4 is 5.32 Å². The van der Waals surface area contributed by atoms with E-state index in [0.29, 0.717) is 5.41 Å². The number of hydrogen-bond acceptors (Lipinski definition) is 2. The lowest BCUT2D eigenvalue weighted by Crippen LogP contribution is -2.50. The molecule has 0 spiro atoms. The van der Waals surface area contributed by atoms with Gasteiger partial charge in [-0.2, -0.15) is 0 Å². The Kier molecular flexibility index (Phi) is 8.23. The van der Waals surface area contributed by atoms with Gasteiger partial charge in [0.15, 0.2) is 5.96 Å². The monoisotopic (exact) mass is 473 g/mol. The Labute approximate surface area is 176 Å². The molecule has 1 N–H and O–H groups in total. The van der Waals surface area contributed by atoms with Crippen molar-refractivity contribution in [2.45, 2.75) is 71.8 Å². The number of nitrogens with zero attached hydrogens (tertiary/aromatic N) is 4. The summed E-state index contributed by atoms with van der Waals surface area (Å²) < 4.78 is 2.34. The lowest BCUT2D eigenvalue weighted by Gasteiger charge is -2.42. The van der Waals surface area contributed by atoms with E-state index in [0.717, 1.165) is 45.0 Å². The number of aromatic nitrogens is 2. The van der Waals surface area contributed by atoms with Crippen LogP contribution >= 0.6 is 24.0 Å². The highest BCUT2D eigenvalue weighted by Crippen LogP contribution is 2.33. The summed E-state index contributed by atoms with van der Waals surface area (Å²) in [6.07, 6.45) is 12.1.